The van der Waals surface area contributed by atoms with Crippen LogP contribution >= 0.6 is 39.5 Å². The summed E-state index contributed by atoms with van der Waals surface area (Å²) in [6.45, 7) is 0. The van der Waals surface area contributed by atoms with E-state index in [1.54, 1.807) is 18.2 Å². The second-order valence-corrected chi connectivity index (χ2v) is 8.95. The van der Waals surface area contributed by atoms with E-state index in [0.717, 1.165) is 21.4 Å². The zero-order valence-electron chi connectivity index (χ0n) is 14.7. The Morgan fingerprint density at radius 1 is 1.24 bits per heavy atom. The van der Waals surface area contributed by atoms with E-state index in [9.17, 15) is 19.8 Å². The Hall–Kier alpha value is -2.62. The number of aromatic nitrogens is 1. The number of amides is 1. The standard InChI is InChI=1S/C20H13BrN2O4S2/c21-11-6-7-13-12(9-11)15(17(24)22-13)16-18(25)23(20(28)29-16)14(19(26)27)8-10-4-2-1-3-5-10/h1-7,9,14,25H,8H2,(H,26,27). The summed E-state index contributed by atoms with van der Waals surface area (Å²) in [6.07, 6.45) is 0.143. The number of halogens is 1. The number of carboxylic acids is 1. The monoisotopic (exact) mass is 488 g/mol. The number of carbonyl (C=O) groups excluding carboxylic acids is 1. The number of benzene rings is 2. The molecule has 29 heavy (non-hydrogen) atoms. The first-order valence-electron chi connectivity index (χ1n) is 8.51. The van der Waals surface area contributed by atoms with Crippen LogP contribution in [-0.2, 0) is 16.0 Å². The largest absolute Gasteiger partial charge is 0.493 e. The molecule has 3 aromatic rings. The van der Waals surface area contributed by atoms with Gasteiger partial charge in [0, 0.05) is 16.1 Å². The van der Waals surface area contributed by atoms with Crippen molar-refractivity contribution in [3.8, 4) is 5.88 Å². The molecule has 146 valence electrons. The topological polar surface area (TPSA) is 91.9 Å². The molecule has 1 aliphatic heterocycles. The van der Waals surface area contributed by atoms with Crippen molar-refractivity contribution in [2.45, 2.75) is 12.5 Å². The zero-order chi connectivity index (χ0) is 20.7. The summed E-state index contributed by atoms with van der Waals surface area (Å²) in [7, 11) is 0. The summed E-state index contributed by atoms with van der Waals surface area (Å²) in [5.41, 5.74) is 1.01. The third-order valence-corrected chi connectivity index (χ3v) is 6.48. The molecule has 2 heterocycles. The highest BCUT2D eigenvalue weighted by atomic mass is 79.9. The van der Waals surface area contributed by atoms with E-state index in [1.807, 2.05) is 30.3 Å². The maximum Gasteiger partial charge on any atom is 0.327 e. The molecule has 0 bridgehead atoms. The predicted octanol–water partition coefficient (Wildman–Crippen LogP) is 2.97. The van der Waals surface area contributed by atoms with Gasteiger partial charge in [-0.1, -0.05) is 46.3 Å². The van der Waals surface area contributed by atoms with Gasteiger partial charge >= 0.3 is 5.97 Å². The molecule has 1 aliphatic rings. The molecule has 6 nitrogen and oxygen atoms in total. The SMILES string of the molecule is O=C1N=c2ccc(Br)cc2=C1c1sc(=S)n(C(Cc2ccccc2)C(=O)O)c1O. The number of fused-ring (bicyclic) bond motifs is 1. The van der Waals surface area contributed by atoms with Crippen LogP contribution in [0.3, 0.4) is 0 Å². The fourth-order valence-corrected chi connectivity index (χ4v) is 5.05. The van der Waals surface area contributed by atoms with Crippen molar-refractivity contribution < 1.29 is 19.8 Å². The van der Waals surface area contributed by atoms with Crippen molar-refractivity contribution in [3.63, 3.8) is 0 Å². The van der Waals surface area contributed by atoms with E-state index in [4.69, 9.17) is 12.2 Å². The smallest absolute Gasteiger partial charge is 0.327 e. The molecule has 0 radical (unpaired) electrons. The van der Waals surface area contributed by atoms with Crippen LogP contribution in [0.5, 0.6) is 5.88 Å². The van der Waals surface area contributed by atoms with Crippen molar-refractivity contribution >= 4 is 56.9 Å². The molecule has 9 heteroatoms. The molecule has 4 rings (SSSR count). The van der Waals surface area contributed by atoms with Crippen LogP contribution in [-0.4, -0.2) is 26.7 Å². The van der Waals surface area contributed by atoms with E-state index in [2.05, 4.69) is 20.9 Å². The highest BCUT2D eigenvalue weighted by Gasteiger charge is 2.30. The first-order valence-corrected chi connectivity index (χ1v) is 10.5. The van der Waals surface area contributed by atoms with Gasteiger partial charge in [0.15, 0.2) is 3.95 Å². The van der Waals surface area contributed by atoms with Crippen LogP contribution in [0.4, 0.5) is 0 Å². The maximum absolute atomic E-state index is 12.5. The second kappa shape index (κ2) is 7.66. The molecule has 1 unspecified atom stereocenters. The molecule has 1 atom stereocenters. The average Bonchev–Trinajstić information content (AvgIpc) is 3.15. The van der Waals surface area contributed by atoms with Gasteiger partial charge in [-0.3, -0.25) is 9.36 Å². The van der Waals surface area contributed by atoms with Crippen molar-refractivity contribution in [1.29, 1.82) is 0 Å². The fourth-order valence-electron chi connectivity index (χ4n) is 3.25. The van der Waals surface area contributed by atoms with Crippen molar-refractivity contribution in [3.05, 3.63) is 78.0 Å². The Bertz CT molecular complexity index is 1330. The van der Waals surface area contributed by atoms with Crippen LogP contribution in [0.15, 0.2) is 58.0 Å². The van der Waals surface area contributed by atoms with Crippen molar-refractivity contribution in [1.82, 2.24) is 4.57 Å². The number of aliphatic carboxylic acids is 1. The lowest BCUT2D eigenvalue weighted by molar-refractivity contribution is -0.141. The van der Waals surface area contributed by atoms with Gasteiger partial charge < -0.3 is 10.2 Å². The highest BCUT2D eigenvalue weighted by Crippen LogP contribution is 2.36. The molecule has 0 saturated heterocycles. The lowest BCUT2D eigenvalue weighted by Crippen LogP contribution is -2.23. The average molecular weight is 489 g/mol. The van der Waals surface area contributed by atoms with E-state index < -0.39 is 17.9 Å². The quantitative estimate of drug-likeness (QED) is 0.538. The van der Waals surface area contributed by atoms with Gasteiger partial charge in [0.05, 0.1) is 10.9 Å². The number of nitrogens with zero attached hydrogens (tertiary/aromatic N) is 2. The van der Waals surface area contributed by atoms with Gasteiger partial charge in [0.2, 0.25) is 5.88 Å². The summed E-state index contributed by atoms with van der Waals surface area (Å²) in [5, 5.41) is 21.7. The molecule has 0 aliphatic carbocycles. The van der Waals surface area contributed by atoms with Gasteiger partial charge in [-0.05, 0) is 36.0 Å². The van der Waals surface area contributed by atoms with E-state index in [-0.39, 0.29) is 26.7 Å². The van der Waals surface area contributed by atoms with Gasteiger partial charge in [-0.2, -0.15) is 0 Å². The molecular formula is C20H13BrN2O4S2. The molecule has 1 amide bonds. The number of hydrogen-bond donors (Lipinski definition) is 2. The molecule has 0 fully saturated rings. The lowest BCUT2D eigenvalue weighted by atomic mass is 10.1. The molecule has 1 aromatic heterocycles. The van der Waals surface area contributed by atoms with Crippen LogP contribution in [0.25, 0.3) is 5.57 Å². The predicted molar refractivity (Wildman–Crippen MR) is 114 cm³/mol. The van der Waals surface area contributed by atoms with Crippen LogP contribution in [0.2, 0.25) is 0 Å². The number of aromatic hydroxyl groups is 1. The molecule has 2 aromatic carbocycles. The first kappa shape index (κ1) is 19.7. The van der Waals surface area contributed by atoms with Crippen LogP contribution in [0.1, 0.15) is 16.5 Å². The minimum absolute atomic E-state index is 0.143. The third-order valence-electron chi connectivity index (χ3n) is 4.58. The Balaban J connectivity index is 1.88. The van der Waals surface area contributed by atoms with Gasteiger partial charge in [0.25, 0.3) is 5.91 Å². The van der Waals surface area contributed by atoms with Gasteiger partial charge in [-0.15, -0.1) is 11.3 Å². The molecule has 0 spiro atoms. The minimum Gasteiger partial charge on any atom is -0.493 e. The van der Waals surface area contributed by atoms with Crippen LogP contribution < -0.4 is 10.6 Å². The Morgan fingerprint density at radius 3 is 2.66 bits per heavy atom. The lowest BCUT2D eigenvalue weighted by Gasteiger charge is -2.15. The van der Waals surface area contributed by atoms with E-state index in [0.29, 0.717) is 10.6 Å². The summed E-state index contributed by atoms with van der Waals surface area (Å²) < 4.78 is 2.12. The summed E-state index contributed by atoms with van der Waals surface area (Å²) in [4.78, 5) is 28.7. The Morgan fingerprint density at radius 2 is 1.97 bits per heavy atom. The van der Waals surface area contributed by atoms with Gasteiger partial charge in [0.1, 0.15) is 10.9 Å². The summed E-state index contributed by atoms with van der Waals surface area (Å²) in [6, 6.07) is 13.2. The number of carbonyl (C=O) groups is 2. The van der Waals surface area contributed by atoms with Gasteiger partial charge in [-0.25, -0.2) is 9.79 Å². The third kappa shape index (κ3) is 3.57. The van der Waals surface area contributed by atoms with Crippen molar-refractivity contribution in [2.75, 3.05) is 0 Å². The first-order chi connectivity index (χ1) is 13.9. The van der Waals surface area contributed by atoms with E-state index >= 15 is 0 Å². The fraction of sp³-hybridized carbons (Fsp3) is 0.100. The number of carboxylic acid groups (broad SMARTS) is 1. The number of thiazole rings is 1. The molecular weight excluding hydrogens is 476 g/mol. The Kier molecular flexibility index (Phi) is 5.20. The normalized spacial score (nSPS) is 13.8. The zero-order valence-corrected chi connectivity index (χ0v) is 17.9. The number of rotatable bonds is 5. The number of hydrogen-bond acceptors (Lipinski definition) is 5. The molecule has 0 saturated carbocycles. The van der Waals surface area contributed by atoms with Crippen LogP contribution in [0, 0.1) is 3.95 Å². The minimum atomic E-state index is -1.12. The Labute approximate surface area is 182 Å². The van der Waals surface area contributed by atoms with Crippen molar-refractivity contribution in [2.24, 2.45) is 4.99 Å². The highest BCUT2D eigenvalue weighted by molar-refractivity contribution is 9.10. The van der Waals surface area contributed by atoms with E-state index in [1.165, 1.54) is 4.57 Å². The second-order valence-electron chi connectivity index (χ2n) is 6.39. The summed E-state index contributed by atoms with van der Waals surface area (Å²) >= 11 is 9.74. The molecule has 2 N–H and O–H groups in total. The maximum atomic E-state index is 12.5. The summed E-state index contributed by atoms with van der Waals surface area (Å²) in [5.74, 6) is -1.96.